The van der Waals surface area contributed by atoms with E-state index in [9.17, 15) is 9.18 Å². The molecule has 1 heterocycles. The van der Waals surface area contributed by atoms with Crippen LogP contribution < -0.4 is 5.32 Å². The maximum Gasteiger partial charge on any atom is 0.250 e. The fraction of sp³-hybridized carbons (Fsp3) is 0. The van der Waals surface area contributed by atoms with E-state index in [0.717, 1.165) is 16.9 Å². The maximum absolute atomic E-state index is 13.7. The monoisotopic (exact) mass is 325 g/mol. The molecule has 3 aromatic rings. The zero-order valence-electron chi connectivity index (χ0n) is 11.9. The van der Waals surface area contributed by atoms with Crippen LogP contribution in [0.15, 0.2) is 60.7 Å². The average Bonchev–Trinajstić information content (AvgIpc) is 3.02. The third-order valence-electron chi connectivity index (χ3n) is 2.99. The van der Waals surface area contributed by atoms with Crippen LogP contribution in [0.1, 0.15) is 5.56 Å². The normalized spacial score (nSPS) is 10.8. The van der Waals surface area contributed by atoms with E-state index in [-0.39, 0.29) is 11.7 Å². The molecule has 1 aromatic heterocycles. The molecule has 6 heteroatoms. The molecule has 0 spiro atoms. The number of nitrogens with zero attached hydrogens (tertiary/aromatic N) is 2. The predicted molar refractivity (Wildman–Crippen MR) is 89.4 cm³/mol. The Kier molecular flexibility index (Phi) is 4.54. The lowest BCUT2D eigenvalue weighted by Crippen LogP contribution is -2.07. The van der Waals surface area contributed by atoms with Gasteiger partial charge < -0.3 is 0 Å². The molecule has 0 bridgehead atoms. The van der Waals surface area contributed by atoms with Crippen molar-refractivity contribution in [2.75, 3.05) is 5.32 Å². The van der Waals surface area contributed by atoms with Crippen molar-refractivity contribution >= 4 is 28.5 Å². The van der Waals surface area contributed by atoms with Crippen LogP contribution in [-0.4, -0.2) is 16.1 Å². The molecule has 0 fully saturated rings. The van der Waals surface area contributed by atoms with Crippen LogP contribution in [-0.2, 0) is 4.79 Å². The fourth-order valence-corrected chi connectivity index (χ4v) is 2.67. The smallest absolute Gasteiger partial charge is 0.250 e. The van der Waals surface area contributed by atoms with Crippen LogP contribution in [0.5, 0.6) is 0 Å². The number of anilines is 1. The highest BCUT2D eigenvalue weighted by Gasteiger charge is 2.11. The van der Waals surface area contributed by atoms with Gasteiger partial charge in [0.25, 0.3) is 0 Å². The SMILES string of the molecule is O=C(C=Cc1ccccc1)Nc1nnc(-c2ccccc2F)s1. The molecular formula is C17H12FN3OS. The van der Waals surface area contributed by atoms with E-state index in [4.69, 9.17) is 0 Å². The summed E-state index contributed by atoms with van der Waals surface area (Å²) < 4.78 is 13.7. The Morgan fingerprint density at radius 3 is 2.57 bits per heavy atom. The van der Waals surface area contributed by atoms with Gasteiger partial charge >= 0.3 is 0 Å². The largest absolute Gasteiger partial charge is 0.297 e. The van der Waals surface area contributed by atoms with Crippen LogP contribution in [0.25, 0.3) is 16.6 Å². The molecule has 0 aliphatic carbocycles. The van der Waals surface area contributed by atoms with Gasteiger partial charge in [-0.05, 0) is 23.8 Å². The molecule has 23 heavy (non-hydrogen) atoms. The van der Waals surface area contributed by atoms with Crippen LogP contribution in [0.4, 0.5) is 9.52 Å². The summed E-state index contributed by atoms with van der Waals surface area (Å²) in [5.41, 5.74) is 1.29. The predicted octanol–water partition coefficient (Wildman–Crippen LogP) is 4.00. The Morgan fingerprint density at radius 2 is 1.78 bits per heavy atom. The van der Waals surface area contributed by atoms with E-state index in [1.807, 2.05) is 30.3 Å². The number of rotatable bonds is 4. The number of halogens is 1. The maximum atomic E-state index is 13.7. The Bertz CT molecular complexity index is 846. The summed E-state index contributed by atoms with van der Waals surface area (Å²) >= 11 is 1.12. The van der Waals surface area contributed by atoms with Crippen molar-refractivity contribution in [1.82, 2.24) is 10.2 Å². The van der Waals surface area contributed by atoms with E-state index in [0.29, 0.717) is 15.7 Å². The van der Waals surface area contributed by atoms with E-state index < -0.39 is 0 Å². The summed E-state index contributed by atoms with van der Waals surface area (Å²) in [6.45, 7) is 0. The molecule has 0 aliphatic rings. The first kappa shape index (κ1) is 15.1. The topological polar surface area (TPSA) is 54.9 Å². The average molecular weight is 325 g/mol. The highest BCUT2D eigenvalue weighted by atomic mass is 32.1. The highest BCUT2D eigenvalue weighted by Crippen LogP contribution is 2.28. The molecule has 0 saturated carbocycles. The summed E-state index contributed by atoms with van der Waals surface area (Å²) in [5, 5.41) is 11.1. The first-order valence-electron chi connectivity index (χ1n) is 6.85. The minimum atomic E-state index is -0.370. The summed E-state index contributed by atoms with van der Waals surface area (Å²) in [4.78, 5) is 11.9. The number of carbonyl (C=O) groups is 1. The molecule has 0 unspecified atom stereocenters. The first-order valence-corrected chi connectivity index (χ1v) is 7.66. The van der Waals surface area contributed by atoms with Crippen LogP contribution in [0.2, 0.25) is 0 Å². The zero-order valence-corrected chi connectivity index (χ0v) is 12.8. The van der Waals surface area contributed by atoms with Crippen molar-refractivity contribution in [1.29, 1.82) is 0 Å². The lowest BCUT2D eigenvalue weighted by molar-refractivity contribution is -0.111. The van der Waals surface area contributed by atoms with Gasteiger partial charge in [0.2, 0.25) is 11.0 Å². The lowest BCUT2D eigenvalue weighted by Gasteiger charge is -1.96. The Hall–Kier alpha value is -2.86. The highest BCUT2D eigenvalue weighted by molar-refractivity contribution is 7.18. The minimum Gasteiger partial charge on any atom is -0.297 e. The number of aromatic nitrogens is 2. The summed E-state index contributed by atoms with van der Waals surface area (Å²) in [6.07, 6.45) is 3.12. The standard InChI is InChI=1S/C17H12FN3OS/c18-14-9-5-4-8-13(14)16-20-21-17(23-16)19-15(22)11-10-12-6-2-1-3-7-12/h1-11H,(H,19,21,22). The van der Waals surface area contributed by atoms with Gasteiger partial charge in [0.05, 0.1) is 0 Å². The van der Waals surface area contributed by atoms with E-state index in [2.05, 4.69) is 15.5 Å². The number of hydrogen-bond acceptors (Lipinski definition) is 4. The number of hydrogen-bond donors (Lipinski definition) is 1. The number of amides is 1. The lowest BCUT2D eigenvalue weighted by atomic mass is 10.2. The summed E-state index contributed by atoms with van der Waals surface area (Å²) in [6, 6.07) is 15.8. The van der Waals surface area contributed by atoms with Gasteiger partial charge in [0.1, 0.15) is 5.82 Å². The Balaban J connectivity index is 1.68. The molecular weight excluding hydrogens is 313 g/mol. The van der Waals surface area contributed by atoms with E-state index >= 15 is 0 Å². The van der Waals surface area contributed by atoms with Gasteiger partial charge in [-0.25, -0.2) is 4.39 Å². The fourth-order valence-electron chi connectivity index (χ4n) is 1.90. The van der Waals surface area contributed by atoms with E-state index in [1.165, 1.54) is 12.1 Å². The zero-order chi connectivity index (χ0) is 16.1. The van der Waals surface area contributed by atoms with Crippen LogP contribution >= 0.6 is 11.3 Å². The molecule has 1 amide bonds. The Morgan fingerprint density at radius 1 is 1.04 bits per heavy atom. The Labute approximate surface area is 136 Å². The molecule has 4 nitrogen and oxygen atoms in total. The molecule has 114 valence electrons. The van der Waals surface area contributed by atoms with Crippen molar-refractivity contribution < 1.29 is 9.18 Å². The second kappa shape index (κ2) is 6.93. The minimum absolute atomic E-state index is 0.315. The summed E-state index contributed by atoms with van der Waals surface area (Å²) in [7, 11) is 0. The van der Waals surface area contributed by atoms with Gasteiger partial charge in [-0.1, -0.05) is 53.8 Å². The third kappa shape index (κ3) is 3.87. The van der Waals surface area contributed by atoms with Crippen molar-refractivity contribution in [2.45, 2.75) is 0 Å². The van der Waals surface area contributed by atoms with Gasteiger partial charge in [0, 0.05) is 11.6 Å². The van der Waals surface area contributed by atoms with Gasteiger partial charge in [-0.3, -0.25) is 10.1 Å². The molecule has 0 aliphatic heterocycles. The van der Waals surface area contributed by atoms with Crippen molar-refractivity contribution in [3.8, 4) is 10.6 Å². The second-order valence-electron chi connectivity index (χ2n) is 4.63. The van der Waals surface area contributed by atoms with Crippen molar-refractivity contribution in [3.05, 3.63) is 72.1 Å². The van der Waals surface area contributed by atoms with E-state index in [1.54, 1.807) is 24.3 Å². The molecule has 0 saturated heterocycles. The third-order valence-corrected chi connectivity index (χ3v) is 3.86. The molecule has 2 aromatic carbocycles. The van der Waals surface area contributed by atoms with Crippen molar-refractivity contribution in [3.63, 3.8) is 0 Å². The number of nitrogens with one attached hydrogen (secondary N) is 1. The van der Waals surface area contributed by atoms with Crippen molar-refractivity contribution in [2.24, 2.45) is 0 Å². The molecule has 0 radical (unpaired) electrons. The quantitative estimate of drug-likeness (QED) is 0.738. The van der Waals surface area contributed by atoms with Crippen LogP contribution in [0, 0.1) is 5.82 Å². The first-order chi connectivity index (χ1) is 11.2. The van der Waals surface area contributed by atoms with Gasteiger partial charge in [-0.15, -0.1) is 10.2 Å². The number of carbonyl (C=O) groups excluding carboxylic acids is 1. The summed E-state index contributed by atoms with van der Waals surface area (Å²) in [5.74, 6) is -0.685. The molecule has 3 rings (SSSR count). The second-order valence-corrected chi connectivity index (χ2v) is 5.60. The number of benzene rings is 2. The molecule has 0 atom stereocenters. The van der Waals surface area contributed by atoms with Gasteiger partial charge in [0.15, 0.2) is 5.01 Å². The molecule has 1 N–H and O–H groups in total. The van der Waals surface area contributed by atoms with Crippen LogP contribution in [0.3, 0.4) is 0 Å². The van der Waals surface area contributed by atoms with Gasteiger partial charge in [-0.2, -0.15) is 0 Å².